The quantitative estimate of drug-likeness (QED) is 0.713. The number of para-hydroxylation sites is 1. The van der Waals surface area contributed by atoms with Crippen molar-refractivity contribution in [3.63, 3.8) is 0 Å². The van der Waals surface area contributed by atoms with E-state index in [-0.39, 0.29) is 5.41 Å². The van der Waals surface area contributed by atoms with Crippen LogP contribution in [0.15, 0.2) is 54.6 Å². The van der Waals surface area contributed by atoms with Crippen LogP contribution >= 0.6 is 0 Å². The van der Waals surface area contributed by atoms with Crippen LogP contribution in [0.2, 0.25) is 0 Å². The Morgan fingerprint density at radius 2 is 1.81 bits per heavy atom. The Morgan fingerprint density at radius 3 is 2.52 bits per heavy atom. The lowest BCUT2D eigenvalue weighted by Gasteiger charge is -2.16. The van der Waals surface area contributed by atoms with Gasteiger partial charge in [-0.05, 0) is 44.0 Å². The normalized spacial score (nSPS) is 14.6. The Labute approximate surface area is 159 Å². The first-order valence-electron chi connectivity index (χ1n) is 9.17. The van der Waals surface area contributed by atoms with E-state index in [2.05, 4.69) is 19.2 Å². The van der Waals surface area contributed by atoms with Crippen molar-refractivity contribution in [3.8, 4) is 11.4 Å². The monoisotopic (exact) mass is 361 g/mol. The zero-order valence-corrected chi connectivity index (χ0v) is 15.8. The highest BCUT2D eigenvalue weighted by Gasteiger charge is 2.37. The van der Waals surface area contributed by atoms with Crippen LogP contribution in [-0.2, 0) is 11.8 Å². The maximum Gasteiger partial charge on any atom is 0.418 e. The molecule has 5 heteroatoms. The first kappa shape index (κ1) is 17.3. The second-order valence-corrected chi connectivity index (χ2v) is 7.63. The third kappa shape index (κ3) is 3.33. The van der Waals surface area contributed by atoms with Gasteiger partial charge in [-0.1, -0.05) is 49.7 Å². The lowest BCUT2D eigenvalue weighted by atomic mass is 9.91. The number of aromatic nitrogens is 2. The molecule has 3 aromatic rings. The molecule has 1 amide bonds. The van der Waals surface area contributed by atoms with E-state index in [1.54, 1.807) is 12.1 Å². The van der Waals surface area contributed by atoms with Crippen molar-refractivity contribution in [2.45, 2.75) is 39.0 Å². The zero-order valence-electron chi connectivity index (χ0n) is 15.8. The molecule has 1 aliphatic carbocycles. The van der Waals surface area contributed by atoms with Gasteiger partial charge in [-0.2, -0.15) is 5.10 Å². The minimum atomic E-state index is -0.512. The molecule has 0 atom stereocenters. The summed E-state index contributed by atoms with van der Waals surface area (Å²) in [6, 6.07) is 17.2. The average Bonchev–Trinajstić information content (AvgIpc) is 3.14. The second-order valence-electron chi connectivity index (χ2n) is 7.63. The van der Waals surface area contributed by atoms with Crippen LogP contribution < -0.4 is 10.1 Å². The molecule has 0 unspecified atom stereocenters. The van der Waals surface area contributed by atoms with Crippen LogP contribution in [0.1, 0.15) is 37.1 Å². The van der Waals surface area contributed by atoms with E-state index < -0.39 is 6.09 Å². The van der Waals surface area contributed by atoms with E-state index in [0.717, 1.165) is 29.8 Å². The summed E-state index contributed by atoms with van der Waals surface area (Å²) in [5.74, 6) is 1.20. The molecule has 0 aliphatic heterocycles. The molecule has 5 nitrogen and oxygen atoms in total. The van der Waals surface area contributed by atoms with E-state index in [0.29, 0.717) is 11.6 Å². The maximum atomic E-state index is 12.5. The van der Waals surface area contributed by atoms with Gasteiger partial charge in [0.1, 0.15) is 11.6 Å². The molecule has 0 radical (unpaired) electrons. The molecule has 0 fully saturated rings. The van der Waals surface area contributed by atoms with Crippen molar-refractivity contribution in [1.82, 2.24) is 9.78 Å². The van der Waals surface area contributed by atoms with Crippen molar-refractivity contribution in [3.05, 3.63) is 71.4 Å². The number of hydrogen-bond donors (Lipinski definition) is 1. The molecule has 27 heavy (non-hydrogen) atoms. The van der Waals surface area contributed by atoms with Gasteiger partial charge in [0.2, 0.25) is 0 Å². The van der Waals surface area contributed by atoms with E-state index in [1.165, 1.54) is 5.56 Å². The van der Waals surface area contributed by atoms with Gasteiger partial charge in [0.05, 0.1) is 11.4 Å². The standard InChI is InChI=1S/C22H23N3O2/c1-15-9-11-16(12-10-15)25-20(18-13-14-22(2,3)19(18)24-25)23-21(26)27-17-7-5-4-6-8-17/h4-12H,13-14H2,1-3H3,(H,23,26). The van der Waals surface area contributed by atoms with E-state index in [4.69, 9.17) is 9.84 Å². The number of hydrogen-bond acceptors (Lipinski definition) is 3. The molecule has 0 bridgehead atoms. The van der Waals surface area contributed by atoms with E-state index in [1.807, 2.05) is 54.1 Å². The lowest BCUT2D eigenvalue weighted by Crippen LogP contribution is -2.20. The smallest absolute Gasteiger partial charge is 0.410 e. The molecule has 2 aromatic carbocycles. The summed E-state index contributed by atoms with van der Waals surface area (Å²) in [4.78, 5) is 12.5. The van der Waals surface area contributed by atoms with E-state index in [9.17, 15) is 4.79 Å². The number of ether oxygens (including phenoxy) is 1. The summed E-state index contributed by atoms with van der Waals surface area (Å²) in [5, 5.41) is 7.78. The third-order valence-electron chi connectivity index (χ3n) is 5.08. The number of benzene rings is 2. The van der Waals surface area contributed by atoms with Gasteiger partial charge in [-0.3, -0.25) is 5.32 Å². The van der Waals surface area contributed by atoms with Crippen LogP contribution in [-0.4, -0.2) is 15.9 Å². The van der Waals surface area contributed by atoms with Crippen LogP contribution in [0.5, 0.6) is 5.75 Å². The van der Waals surface area contributed by atoms with Gasteiger partial charge in [-0.25, -0.2) is 9.48 Å². The number of rotatable bonds is 3. The Balaban J connectivity index is 1.70. The number of nitrogens with one attached hydrogen (secondary N) is 1. The molecule has 0 saturated heterocycles. The fourth-order valence-corrected chi connectivity index (χ4v) is 3.51. The van der Waals surface area contributed by atoms with Crippen LogP contribution in [0, 0.1) is 6.92 Å². The molecular weight excluding hydrogens is 338 g/mol. The van der Waals surface area contributed by atoms with Crippen LogP contribution in [0.4, 0.5) is 10.6 Å². The Bertz CT molecular complexity index is 973. The Kier molecular flexibility index (Phi) is 4.22. The lowest BCUT2D eigenvalue weighted by molar-refractivity contribution is 0.215. The summed E-state index contributed by atoms with van der Waals surface area (Å²) in [5.41, 5.74) is 4.21. The highest BCUT2D eigenvalue weighted by molar-refractivity contribution is 5.87. The van der Waals surface area contributed by atoms with Crippen molar-refractivity contribution < 1.29 is 9.53 Å². The minimum Gasteiger partial charge on any atom is -0.410 e. The highest BCUT2D eigenvalue weighted by Crippen LogP contribution is 2.42. The largest absolute Gasteiger partial charge is 0.418 e. The number of fused-ring (bicyclic) bond motifs is 1. The topological polar surface area (TPSA) is 56.2 Å². The number of amides is 1. The van der Waals surface area contributed by atoms with Crippen molar-refractivity contribution in [2.24, 2.45) is 0 Å². The number of carbonyl (C=O) groups excluding carboxylic acids is 1. The zero-order chi connectivity index (χ0) is 19.0. The molecular formula is C22H23N3O2. The Morgan fingerprint density at radius 1 is 1.11 bits per heavy atom. The summed E-state index contributed by atoms with van der Waals surface area (Å²) in [6.45, 7) is 6.43. The van der Waals surface area contributed by atoms with Crippen LogP contribution in [0.3, 0.4) is 0 Å². The molecule has 1 heterocycles. The predicted octanol–water partition coefficient (Wildman–Crippen LogP) is 5.02. The van der Waals surface area contributed by atoms with Crippen molar-refractivity contribution in [2.75, 3.05) is 5.32 Å². The molecule has 0 spiro atoms. The summed E-state index contributed by atoms with van der Waals surface area (Å²) in [6.07, 6.45) is 1.39. The minimum absolute atomic E-state index is 0.00888. The van der Waals surface area contributed by atoms with Crippen molar-refractivity contribution >= 4 is 11.9 Å². The highest BCUT2D eigenvalue weighted by atomic mass is 16.6. The number of aryl methyl sites for hydroxylation is 1. The van der Waals surface area contributed by atoms with Gasteiger partial charge in [0, 0.05) is 11.0 Å². The fraction of sp³-hybridized carbons (Fsp3) is 0.273. The molecule has 1 aromatic heterocycles. The summed E-state index contributed by atoms with van der Waals surface area (Å²) >= 11 is 0. The SMILES string of the molecule is Cc1ccc(-n2nc3c(c2NC(=O)Oc2ccccc2)CCC3(C)C)cc1. The van der Waals surface area contributed by atoms with Crippen LogP contribution in [0.25, 0.3) is 5.69 Å². The van der Waals surface area contributed by atoms with Gasteiger partial charge >= 0.3 is 6.09 Å². The molecule has 0 saturated carbocycles. The predicted molar refractivity (Wildman–Crippen MR) is 106 cm³/mol. The molecule has 4 rings (SSSR count). The van der Waals surface area contributed by atoms with Gasteiger partial charge in [0.25, 0.3) is 0 Å². The fourth-order valence-electron chi connectivity index (χ4n) is 3.51. The number of nitrogens with zero attached hydrogens (tertiary/aromatic N) is 2. The summed E-state index contributed by atoms with van der Waals surface area (Å²) in [7, 11) is 0. The number of carbonyl (C=O) groups is 1. The first-order chi connectivity index (χ1) is 12.9. The maximum absolute atomic E-state index is 12.5. The van der Waals surface area contributed by atoms with Gasteiger partial charge in [-0.15, -0.1) is 0 Å². The molecule has 1 N–H and O–H groups in total. The third-order valence-corrected chi connectivity index (χ3v) is 5.08. The molecule has 138 valence electrons. The first-order valence-corrected chi connectivity index (χ1v) is 9.17. The van der Waals surface area contributed by atoms with E-state index >= 15 is 0 Å². The number of anilines is 1. The average molecular weight is 361 g/mol. The summed E-state index contributed by atoms with van der Waals surface area (Å²) < 4.78 is 7.24. The Hall–Kier alpha value is -3.08. The van der Waals surface area contributed by atoms with Crippen molar-refractivity contribution in [1.29, 1.82) is 0 Å². The molecule has 1 aliphatic rings. The second kappa shape index (κ2) is 6.58. The van der Waals surface area contributed by atoms with Gasteiger partial charge in [0.15, 0.2) is 0 Å². The van der Waals surface area contributed by atoms with Gasteiger partial charge < -0.3 is 4.74 Å².